The van der Waals surface area contributed by atoms with E-state index in [1.165, 1.54) is 12.0 Å². The van der Waals surface area contributed by atoms with E-state index in [4.69, 9.17) is 13.9 Å². The van der Waals surface area contributed by atoms with E-state index in [1.807, 2.05) is 78.9 Å². The van der Waals surface area contributed by atoms with Gasteiger partial charge in [0.25, 0.3) is 5.91 Å². The van der Waals surface area contributed by atoms with Gasteiger partial charge in [0.15, 0.2) is 22.9 Å². The number of methoxy groups -OCH3 is 1. The molecule has 0 saturated carbocycles. The van der Waals surface area contributed by atoms with Gasteiger partial charge in [-0.3, -0.25) is 9.59 Å². The van der Waals surface area contributed by atoms with Crippen LogP contribution in [0.5, 0.6) is 11.5 Å². The van der Waals surface area contributed by atoms with E-state index in [9.17, 15) is 14.7 Å². The number of hydrogen-bond donors (Lipinski definition) is 1. The van der Waals surface area contributed by atoms with Crippen molar-refractivity contribution < 1.29 is 28.6 Å². The van der Waals surface area contributed by atoms with E-state index < -0.39 is 23.5 Å². The van der Waals surface area contributed by atoms with Gasteiger partial charge in [-0.2, -0.15) is 0 Å². The van der Waals surface area contributed by atoms with Gasteiger partial charge >= 0.3 is 0 Å². The number of furan rings is 1. The van der Waals surface area contributed by atoms with E-state index in [2.05, 4.69) is 0 Å². The first-order valence-electron chi connectivity index (χ1n) is 13.2. The molecule has 0 fully saturated rings. The summed E-state index contributed by atoms with van der Waals surface area (Å²) >= 11 is 0. The molecule has 1 atom stereocenters. The summed E-state index contributed by atoms with van der Waals surface area (Å²) in [6.07, 6.45) is 0. The molecule has 204 valence electrons. The molecule has 41 heavy (non-hydrogen) atoms. The number of para-hydroxylation sites is 1. The average molecular weight is 546 g/mol. The molecule has 1 aliphatic heterocycles. The number of fused-ring (bicyclic) bond motifs is 1. The van der Waals surface area contributed by atoms with Gasteiger partial charge in [-0.1, -0.05) is 84.9 Å². The van der Waals surface area contributed by atoms with Crippen molar-refractivity contribution in [3.05, 3.63) is 143 Å². The predicted octanol–water partition coefficient (Wildman–Crippen LogP) is 6.80. The molecule has 0 aliphatic carbocycles. The van der Waals surface area contributed by atoms with E-state index >= 15 is 0 Å². The molecule has 4 aromatic carbocycles. The molecule has 0 saturated heterocycles. The molecule has 1 amide bonds. The zero-order chi connectivity index (χ0) is 28.3. The zero-order valence-corrected chi connectivity index (χ0v) is 22.3. The third kappa shape index (κ3) is 5.05. The average Bonchev–Trinajstić information content (AvgIpc) is 3.56. The normalized spacial score (nSPS) is 15.0. The van der Waals surface area contributed by atoms with Crippen molar-refractivity contribution in [3.63, 3.8) is 0 Å². The topological polar surface area (TPSA) is 89.2 Å². The second-order valence-electron chi connectivity index (χ2n) is 9.75. The van der Waals surface area contributed by atoms with Crippen LogP contribution in [-0.4, -0.2) is 28.8 Å². The van der Waals surface area contributed by atoms with Crippen molar-refractivity contribution in [2.45, 2.75) is 19.2 Å². The molecule has 6 rings (SSSR count). The Morgan fingerprint density at radius 2 is 1.59 bits per heavy atom. The quantitative estimate of drug-likeness (QED) is 0.205. The third-order valence-electron chi connectivity index (χ3n) is 7.12. The maximum absolute atomic E-state index is 14.0. The largest absolute Gasteiger partial charge is 0.503 e. The van der Waals surface area contributed by atoms with Gasteiger partial charge in [0.2, 0.25) is 5.78 Å². The lowest BCUT2D eigenvalue weighted by Gasteiger charge is -2.27. The van der Waals surface area contributed by atoms with Crippen molar-refractivity contribution in [1.82, 2.24) is 4.90 Å². The van der Waals surface area contributed by atoms with Crippen LogP contribution in [0.3, 0.4) is 0 Å². The van der Waals surface area contributed by atoms with E-state index in [0.717, 1.165) is 11.1 Å². The number of ketones is 1. The van der Waals surface area contributed by atoms with Crippen LogP contribution < -0.4 is 9.47 Å². The number of carbonyl (C=O) groups is 2. The minimum absolute atomic E-state index is 0.00175. The number of nitrogens with zero attached hydrogens (tertiary/aromatic N) is 1. The second kappa shape index (κ2) is 11.1. The molecule has 2 heterocycles. The van der Waals surface area contributed by atoms with Crippen LogP contribution in [0, 0.1) is 0 Å². The Morgan fingerprint density at radius 1 is 0.878 bits per heavy atom. The Kier molecular flexibility index (Phi) is 7.00. The van der Waals surface area contributed by atoms with Gasteiger partial charge in [-0.15, -0.1) is 0 Å². The number of amides is 1. The minimum atomic E-state index is -0.870. The summed E-state index contributed by atoms with van der Waals surface area (Å²) < 4.78 is 17.4. The van der Waals surface area contributed by atoms with E-state index in [0.29, 0.717) is 34.6 Å². The van der Waals surface area contributed by atoms with Crippen LogP contribution in [0.2, 0.25) is 0 Å². The molecule has 5 aromatic rings. The zero-order valence-electron chi connectivity index (χ0n) is 22.3. The molecule has 0 radical (unpaired) electrons. The lowest BCUT2D eigenvalue weighted by Crippen LogP contribution is -2.30. The van der Waals surface area contributed by atoms with Gasteiger partial charge in [0, 0.05) is 11.9 Å². The van der Waals surface area contributed by atoms with Crippen molar-refractivity contribution >= 4 is 22.7 Å². The molecule has 1 N–H and O–H groups in total. The Bertz CT molecular complexity index is 1760. The Hall–Kier alpha value is -5.30. The van der Waals surface area contributed by atoms with Gasteiger partial charge in [0.1, 0.15) is 12.4 Å². The first kappa shape index (κ1) is 26.0. The lowest BCUT2D eigenvalue weighted by molar-refractivity contribution is -0.130. The summed E-state index contributed by atoms with van der Waals surface area (Å²) in [7, 11) is 1.52. The van der Waals surface area contributed by atoms with Crippen LogP contribution in [-0.2, 0) is 17.9 Å². The predicted molar refractivity (Wildman–Crippen MR) is 154 cm³/mol. The van der Waals surface area contributed by atoms with Crippen molar-refractivity contribution in [3.8, 4) is 11.5 Å². The van der Waals surface area contributed by atoms with Crippen LogP contribution in [0.15, 0.2) is 125 Å². The van der Waals surface area contributed by atoms with Crippen LogP contribution >= 0.6 is 0 Å². The SMILES string of the molecule is COc1cccc2cc(C(=O)C3=C(O)C(=O)N(Cc4ccccc4)C3c3cccc(OCc4ccccc4)c3)oc12. The fourth-order valence-electron chi connectivity index (χ4n) is 5.13. The highest BCUT2D eigenvalue weighted by molar-refractivity contribution is 6.16. The molecule has 7 heteroatoms. The van der Waals surface area contributed by atoms with E-state index in [1.54, 1.807) is 30.3 Å². The Morgan fingerprint density at radius 3 is 2.32 bits per heavy atom. The maximum atomic E-state index is 14.0. The van der Waals surface area contributed by atoms with Crippen LogP contribution in [0.1, 0.15) is 33.3 Å². The maximum Gasteiger partial charge on any atom is 0.290 e. The Labute approximate surface area is 236 Å². The minimum Gasteiger partial charge on any atom is -0.503 e. The number of aliphatic hydroxyl groups excluding tert-OH is 1. The highest BCUT2D eigenvalue weighted by Crippen LogP contribution is 2.42. The van der Waals surface area contributed by atoms with Crippen LogP contribution in [0.25, 0.3) is 11.0 Å². The molecular formula is C34H27NO6. The standard InChI is InChI=1S/C34H27NO6/c1-39-27-17-9-15-25-19-28(41-33(25)27)31(36)29-30(35(34(38)32(29)37)20-22-10-4-2-5-11-22)24-14-8-16-26(18-24)40-21-23-12-6-3-7-13-23/h2-19,30,37H,20-21H2,1H3. The second-order valence-corrected chi connectivity index (χ2v) is 9.75. The highest BCUT2D eigenvalue weighted by atomic mass is 16.5. The first-order valence-corrected chi connectivity index (χ1v) is 13.2. The first-order chi connectivity index (χ1) is 20.0. The molecule has 7 nitrogen and oxygen atoms in total. The van der Waals surface area contributed by atoms with Crippen molar-refractivity contribution in [1.29, 1.82) is 0 Å². The number of aliphatic hydroxyl groups is 1. The highest BCUT2D eigenvalue weighted by Gasteiger charge is 2.44. The molecule has 1 unspecified atom stereocenters. The molecule has 1 aromatic heterocycles. The third-order valence-corrected chi connectivity index (χ3v) is 7.12. The fraction of sp³-hybridized carbons (Fsp3) is 0.118. The smallest absolute Gasteiger partial charge is 0.290 e. The van der Waals surface area contributed by atoms with Crippen molar-refractivity contribution in [2.75, 3.05) is 7.11 Å². The monoisotopic (exact) mass is 545 g/mol. The summed E-state index contributed by atoms with van der Waals surface area (Å²) in [6.45, 7) is 0.545. The van der Waals surface area contributed by atoms with Gasteiger partial charge in [0.05, 0.1) is 18.7 Å². The van der Waals surface area contributed by atoms with Crippen molar-refractivity contribution in [2.24, 2.45) is 0 Å². The number of carbonyl (C=O) groups excluding carboxylic acids is 2. The number of rotatable bonds is 9. The van der Waals surface area contributed by atoms with Gasteiger partial charge < -0.3 is 23.9 Å². The summed E-state index contributed by atoms with van der Waals surface area (Å²) in [5.74, 6) is -0.754. The Balaban J connectivity index is 1.39. The van der Waals surface area contributed by atoms with Crippen LogP contribution in [0.4, 0.5) is 0 Å². The summed E-state index contributed by atoms with van der Waals surface area (Å²) in [4.78, 5) is 29.0. The fourth-order valence-corrected chi connectivity index (χ4v) is 5.13. The molecular weight excluding hydrogens is 518 g/mol. The molecule has 0 bridgehead atoms. The number of ether oxygens (including phenoxy) is 2. The molecule has 1 aliphatic rings. The summed E-state index contributed by atoms with van der Waals surface area (Å²) in [5, 5.41) is 11.8. The van der Waals surface area contributed by atoms with Gasteiger partial charge in [-0.25, -0.2) is 0 Å². The number of Topliss-reactive ketones (excluding diaryl/α,β-unsaturated/α-hetero) is 1. The summed E-state index contributed by atoms with van der Waals surface area (Å²) in [6, 6.07) is 32.5. The summed E-state index contributed by atoms with van der Waals surface area (Å²) in [5.41, 5.74) is 2.85. The number of hydrogen-bond acceptors (Lipinski definition) is 6. The number of benzene rings is 4. The molecule has 0 spiro atoms. The van der Waals surface area contributed by atoms with E-state index in [-0.39, 0.29) is 17.9 Å². The lowest BCUT2D eigenvalue weighted by atomic mass is 9.94. The van der Waals surface area contributed by atoms with Gasteiger partial charge in [-0.05, 0) is 41.0 Å².